The van der Waals surface area contributed by atoms with Crippen LogP contribution in [0.1, 0.15) is 34.8 Å². The molecule has 0 aliphatic carbocycles. The van der Waals surface area contributed by atoms with Crippen molar-refractivity contribution in [2.75, 3.05) is 0 Å². The average molecular weight is 508 g/mol. The van der Waals surface area contributed by atoms with Crippen molar-refractivity contribution in [2.24, 2.45) is 0 Å². The van der Waals surface area contributed by atoms with E-state index in [1.807, 2.05) is 6.92 Å². The summed E-state index contributed by atoms with van der Waals surface area (Å²) in [6.07, 6.45) is 7.62. The number of aryl methyl sites for hydroxylation is 1. The van der Waals surface area contributed by atoms with Crippen molar-refractivity contribution < 1.29 is 49.0 Å². The summed E-state index contributed by atoms with van der Waals surface area (Å²) in [6, 6.07) is 10.7. The van der Waals surface area contributed by atoms with E-state index < -0.39 is 17.9 Å². The van der Waals surface area contributed by atoms with Crippen LogP contribution in [0.2, 0.25) is 10.0 Å². The number of nitrogens with one attached hydrogen (secondary N) is 1. The van der Waals surface area contributed by atoms with E-state index in [0.717, 1.165) is 17.5 Å². The number of amides is 1. The quantitative estimate of drug-likeness (QED) is 0.435. The zero-order valence-corrected chi connectivity index (χ0v) is 22.1. The first-order valence-electron chi connectivity index (χ1n) is 10.1. The average Bonchev–Trinajstić information content (AvgIpc) is 2.80. The molecule has 0 fully saturated rings. The number of hydrogen-bond donors (Lipinski definition) is 1. The fraction of sp³-hybridized carbons (Fsp3) is 0.167. The second-order valence-corrected chi connectivity index (χ2v) is 7.79. The summed E-state index contributed by atoms with van der Waals surface area (Å²) < 4.78 is 5.61. The molecule has 3 aromatic rings. The maximum absolute atomic E-state index is 12.4. The minimum Gasteiger partial charge on any atom is -0.548 e. The molecule has 10 heteroatoms. The largest absolute Gasteiger partial charge is 1.00 e. The molecule has 34 heavy (non-hydrogen) atoms. The van der Waals surface area contributed by atoms with Crippen LogP contribution >= 0.6 is 23.2 Å². The van der Waals surface area contributed by atoms with Gasteiger partial charge in [0, 0.05) is 12.4 Å². The second kappa shape index (κ2) is 13.5. The van der Waals surface area contributed by atoms with E-state index in [9.17, 15) is 14.7 Å². The van der Waals surface area contributed by atoms with Crippen LogP contribution in [-0.2, 0) is 11.2 Å². The van der Waals surface area contributed by atoms with E-state index in [2.05, 4.69) is 15.3 Å². The Kier molecular flexibility index (Phi) is 11.0. The number of carbonyl (C=O) groups is 2. The molecule has 0 bridgehead atoms. The van der Waals surface area contributed by atoms with Crippen LogP contribution in [0.15, 0.2) is 60.9 Å². The predicted molar refractivity (Wildman–Crippen MR) is 124 cm³/mol. The minimum atomic E-state index is -1.42. The summed E-state index contributed by atoms with van der Waals surface area (Å²) in [4.78, 5) is 32.2. The third kappa shape index (κ3) is 7.82. The van der Waals surface area contributed by atoms with Gasteiger partial charge in [-0.2, -0.15) is 0 Å². The number of halogens is 2. The van der Waals surface area contributed by atoms with Crippen LogP contribution in [0, 0.1) is 0 Å². The Balaban J connectivity index is 0.00000408. The number of carbonyl (C=O) groups excluding carboxylic acids is 2. The van der Waals surface area contributed by atoms with Gasteiger partial charge >= 0.3 is 35.6 Å². The van der Waals surface area contributed by atoms with Gasteiger partial charge in [0.1, 0.15) is 5.75 Å². The van der Waals surface area contributed by atoms with Crippen molar-refractivity contribution in [3.63, 3.8) is 0 Å². The molecule has 0 saturated carbocycles. The third-order valence-electron chi connectivity index (χ3n) is 4.64. The fourth-order valence-corrected chi connectivity index (χ4v) is 3.40. The SMILES string of the molecule is CCc1cnc(Oc2ccc(/C=C/CC(NC(=O)c3c(Cl)cccc3Cl)C(=O)[O-])cc2)nc1.[Na+]. The van der Waals surface area contributed by atoms with Crippen molar-refractivity contribution in [2.45, 2.75) is 25.8 Å². The van der Waals surface area contributed by atoms with Gasteiger partial charge in [-0.3, -0.25) is 4.79 Å². The van der Waals surface area contributed by atoms with Crippen LogP contribution < -0.4 is 44.7 Å². The van der Waals surface area contributed by atoms with Crippen molar-refractivity contribution in [3.05, 3.63) is 87.7 Å². The van der Waals surface area contributed by atoms with E-state index in [1.54, 1.807) is 54.9 Å². The molecule has 1 aromatic heterocycles. The van der Waals surface area contributed by atoms with Gasteiger partial charge < -0.3 is 20.0 Å². The molecule has 0 saturated heterocycles. The van der Waals surface area contributed by atoms with Crippen molar-refractivity contribution in [3.8, 4) is 11.8 Å². The van der Waals surface area contributed by atoms with E-state index in [4.69, 9.17) is 27.9 Å². The number of aromatic nitrogens is 2. The van der Waals surface area contributed by atoms with E-state index in [0.29, 0.717) is 5.75 Å². The number of carboxylic acid groups (broad SMARTS) is 1. The van der Waals surface area contributed by atoms with Gasteiger partial charge in [0.25, 0.3) is 5.91 Å². The van der Waals surface area contributed by atoms with E-state index in [-0.39, 0.29) is 57.6 Å². The zero-order valence-electron chi connectivity index (χ0n) is 18.6. The molecular formula is C24H20Cl2N3NaO4. The van der Waals surface area contributed by atoms with Crippen LogP contribution in [-0.4, -0.2) is 27.9 Å². The van der Waals surface area contributed by atoms with Gasteiger partial charge in [0.2, 0.25) is 0 Å². The standard InChI is InChI=1S/C24H21Cl2N3O4.Na/c1-2-15-13-27-24(28-14-15)33-17-11-9-16(10-12-17)5-3-8-20(23(31)32)29-22(30)21-18(25)6-4-7-19(21)26;/h3-7,9-14,20H,2,8H2,1H3,(H,29,30)(H,31,32);/q;+1/p-1/b5-3+;. The summed E-state index contributed by atoms with van der Waals surface area (Å²) in [5, 5.41) is 14.1. The summed E-state index contributed by atoms with van der Waals surface area (Å²) in [5.74, 6) is -1.55. The predicted octanol–water partition coefficient (Wildman–Crippen LogP) is 1.09. The molecule has 170 valence electrons. The van der Waals surface area contributed by atoms with Crippen molar-refractivity contribution >= 4 is 41.2 Å². The van der Waals surface area contributed by atoms with Gasteiger partial charge in [-0.25, -0.2) is 9.97 Å². The van der Waals surface area contributed by atoms with Crippen molar-refractivity contribution in [1.29, 1.82) is 0 Å². The van der Waals surface area contributed by atoms with Gasteiger partial charge in [0.05, 0.1) is 27.6 Å². The Labute approximate surface area is 229 Å². The molecule has 0 radical (unpaired) electrons. The van der Waals surface area contributed by atoms with Crippen LogP contribution in [0.4, 0.5) is 0 Å². The molecule has 1 atom stereocenters. The second-order valence-electron chi connectivity index (χ2n) is 6.98. The number of benzene rings is 2. The van der Waals surface area contributed by atoms with Gasteiger partial charge in [-0.1, -0.05) is 60.5 Å². The molecule has 3 rings (SSSR count). The van der Waals surface area contributed by atoms with Crippen LogP contribution in [0.25, 0.3) is 6.08 Å². The molecule has 1 amide bonds. The number of aliphatic carboxylic acids is 1. The number of rotatable bonds is 9. The summed E-state index contributed by atoms with van der Waals surface area (Å²) >= 11 is 12.0. The number of nitrogens with zero attached hydrogens (tertiary/aromatic N) is 2. The van der Waals surface area contributed by atoms with Crippen LogP contribution in [0.3, 0.4) is 0 Å². The van der Waals surface area contributed by atoms with Gasteiger partial charge in [-0.05, 0) is 48.2 Å². The Morgan fingerprint density at radius 2 is 1.71 bits per heavy atom. The fourth-order valence-electron chi connectivity index (χ4n) is 2.83. The van der Waals surface area contributed by atoms with E-state index >= 15 is 0 Å². The number of ether oxygens (including phenoxy) is 1. The number of hydrogen-bond acceptors (Lipinski definition) is 6. The van der Waals surface area contributed by atoms with Gasteiger partial charge in [-0.15, -0.1) is 0 Å². The molecule has 0 aliphatic heterocycles. The maximum atomic E-state index is 12.4. The first kappa shape index (κ1) is 27.8. The molecule has 1 heterocycles. The maximum Gasteiger partial charge on any atom is 1.00 e. The van der Waals surface area contributed by atoms with E-state index in [1.165, 1.54) is 12.1 Å². The molecule has 0 spiro atoms. The molecule has 1 N–H and O–H groups in total. The normalized spacial score (nSPS) is 11.5. The third-order valence-corrected chi connectivity index (χ3v) is 5.27. The minimum absolute atomic E-state index is 0. The topological polar surface area (TPSA) is 104 Å². The van der Waals surface area contributed by atoms with Gasteiger partial charge in [0.15, 0.2) is 0 Å². The molecule has 2 aromatic carbocycles. The Hall–Kier alpha value is -2.42. The summed E-state index contributed by atoms with van der Waals surface area (Å²) in [7, 11) is 0. The smallest absolute Gasteiger partial charge is 0.548 e. The Morgan fingerprint density at radius 1 is 1.09 bits per heavy atom. The first-order chi connectivity index (χ1) is 15.9. The Bertz CT molecular complexity index is 1140. The Morgan fingerprint density at radius 3 is 2.26 bits per heavy atom. The van der Waals surface area contributed by atoms with Crippen molar-refractivity contribution in [1.82, 2.24) is 15.3 Å². The zero-order chi connectivity index (χ0) is 23.8. The molecular weight excluding hydrogens is 488 g/mol. The number of carboxylic acids is 1. The molecule has 7 nitrogen and oxygen atoms in total. The molecule has 1 unspecified atom stereocenters. The monoisotopic (exact) mass is 507 g/mol. The molecule has 0 aliphatic rings. The van der Waals surface area contributed by atoms with Crippen LogP contribution in [0.5, 0.6) is 11.8 Å². The summed E-state index contributed by atoms with van der Waals surface area (Å²) in [5.41, 5.74) is 1.84. The summed E-state index contributed by atoms with van der Waals surface area (Å²) in [6.45, 7) is 2.02. The first-order valence-corrected chi connectivity index (χ1v) is 10.8.